The van der Waals surface area contributed by atoms with Crippen molar-refractivity contribution in [3.05, 3.63) is 23.9 Å². The number of aromatic nitrogens is 1. The summed E-state index contributed by atoms with van der Waals surface area (Å²) in [4.78, 5) is 9.27. The lowest BCUT2D eigenvalue weighted by molar-refractivity contribution is 0.254. The monoisotopic (exact) mass is 242 g/mol. The zero-order valence-electron chi connectivity index (χ0n) is 10.7. The Morgan fingerprint density at radius 2 is 2.17 bits per heavy atom. The van der Waals surface area contributed by atoms with Crippen LogP contribution in [-0.4, -0.2) is 42.1 Å². The van der Waals surface area contributed by atoms with E-state index in [4.69, 9.17) is 5.26 Å². The molecule has 1 aromatic heterocycles. The molecule has 1 aromatic rings. The summed E-state index contributed by atoms with van der Waals surface area (Å²) in [6, 6.07) is 7.23. The molecule has 4 nitrogen and oxygen atoms in total. The van der Waals surface area contributed by atoms with Crippen molar-refractivity contribution in [1.29, 1.82) is 5.26 Å². The Kier molecular flexibility index (Phi) is 2.92. The average Bonchev–Trinajstić information content (AvgIpc) is 2.63. The summed E-state index contributed by atoms with van der Waals surface area (Å²) in [6.07, 6.45) is 5.56. The van der Waals surface area contributed by atoms with Gasteiger partial charge in [0.05, 0.1) is 11.6 Å². The van der Waals surface area contributed by atoms with Crippen molar-refractivity contribution in [2.45, 2.75) is 31.3 Å². The molecular formula is C14H18N4. The number of hydrogen-bond acceptors (Lipinski definition) is 4. The second-order valence-electron chi connectivity index (χ2n) is 5.30. The molecule has 0 spiro atoms. The van der Waals surface area contributed by atoms with Crippen LogP contribution in [0.3, 0.4) is 0 Å². The minimum absolute atomic E-state index is 0.644. The molecule has 2 unspecified atom stereocenters. The van der Waals surface area contributed by atoms with Crippen LogP contribution in [0.5, 0.6) is 0 Å². The van der Waals surface area contributed by atoms with Crippen LogP contribution < -0.4 is 4.90 Å². The minimum atomic E-state index is 0.644. The van der Waals surface area contributed by atoms with Gasteiger partial charge in [-0.25, -0.2) is 4.98 Å². The Morgan fingerprint density at radius 1 is 1.33 bits per heavy atom. The highest BCUT2D eigenvalue weighted by molar-refractivity contribution is 5.45. The molecular weight excluding hydrogens is 224 g/mol. The van der Waals surface area contributed by atoms with Crippen molar-refractivity contribution in [2.24, 2.45) is 0 Å². The quantitative estimate of drug-likeness (QED) is 0.750. The Bertz CT molecular complexity index is 479. The van der Waals surface area contributed by atoms with Gasteiger partial charge in [-0.05, 0) is 38.4 Å². The van der Waals surface area contributed by atoms with Gasteiger partial charge in [0.2, 0.25) is 0 Å². The largest absolute Gasteiger partial charge is 0.355 e. The molecule has 2 aliphatic heterocycles. The summed E-state index contributed by atoms with van der Waals surface area (Å²) < 4.78 is 0. The SMILES string of the molecule is CN1C2CCC1CN(c1cc(C#N)ccn1)CC2. The predicted octanol–water partition coefficient (Wildman–Crippen LogP) is 1.63. The first-order valence-electron chi connectivity index (χ1n) is 6.61. The van der Waals surface area contributed by atoms with Crippen molar-refractivity contribution >= 4 is 5.82 Å². The Hall–Kier alpha value is -1.60. The molecule has 2 aliphatic rings. The number of rotatable bonds is 1. The van der Waals surface area contributed by atoms with Crippen LogP contribution in [0.4, 0.5) is 5.82 Å². The predicted molar refractivity (Wildman–Crippen MR) is 70.4 cm³/mol. The van der Waals surface area contributed by atoms with Crippen LogP contribution in [0.15, 0.2) is 18.3 Å². The molecule has 0 saturated carbocycles. The van der Waals surface area contributed by atoms with Gasteiger partial charge in [-0.15, -0.1) is 0 Å². The van der Waals surface area contributed by atoms with Gasteiger partial charge >= 0.3 is 0 Å². The molecule has 2 bridgehead atoms. The molecule has 0 N–H and O–H groups in total. The number of pyridine rings is 1. The molecule has 18 heavy (non-hydrogen) atoms. The van der Waals surface area contributed by atoms with Crippen LogP contribution in [0.2, 0.25) is 0 Å². The maximum atomic E-state index is 8.96. The van der Waals surface area contributed by atoms with Crippen molar-refractivity contribution in [1.82, 2.24) is 9.88 Å². The first-order chi connectivity index (χ1) is 8.78. The Morgan fingerprint density at radius 3 is 3.00 bits per heavy atom. The van der Waals surface area contributed by atoms with E-state index in [1.807, 2.05) is 6.07 Å². The summed E-state index contributed by atoms with van der Waals surface area (Å²) in [5.41, 5.74) is 0.697. The fourth-order valence-corrected chi connectivity index (χ4v) is 3.18. The summed E-state index contributed by atoms with van der Waals surface area (Å²) in [5.74, 6) is 0.954. The third-order valence-corrected chi connectivity index (χ3v) is 4.35. The first kappa shape index (κ1) is 11.5. The lowest BCUT2D eigenvalue weighted by Gasteiger charge is -2.26. The van der Waals surface area contributed by atoms with Gasteiger partial charge in [-0.1, -0.05) is 0 Å². The third-order valence-electron chi connectivity index (χ3n) is 4.35. The molecule has 3 heterocycles. The van der Waals surface area contributed by atoms with Gasteiger partial charge in [-0.3, -0.25) is 4.90 Å². The second-order valence-corrected chi connectivity index (χ2v) is 5.30. The summed E-state index contributed by atoms with van der Waals surface area (Å²) in [5, 5.41) is 8.96. The standard InChI is InChI=1S/C14H18N4/c1-17-12-2-3-13(17)10-18(7-5-12)14-8-11(9-15)4-6-16-14/h4,6,8,12-13H,2-3,5,7,10H2,1H3. The van der Waals surface area contributed by atoms with Crippen LogP contribution >= 0.6 is 0 Å². The highest BCUT2D eigenvalue weighted by Gasteiger charge is 2.34. The van der Waals surface area contributed by atoms with E-state index in [0.29, 0.717) is 11.6 Å². The van der Waals surface area contributed by atoms with E-state index < -0.39 is 0 Å². The molecule has 0 amide bonds. The molecule has 94 valence electrons. The molecule has 0 aromatic carbocycles. The average molecular weight is 242 g/mol. The lowest BCUT2D eigenvalue weighted by atomic mass is 10.1. The van der Waals surface area contributed by atoms with E-state index in [1.54, 1.807) is 12.3 Å². The van der Waals surface area contributed by atoms with Gasteiger partial charge in [0.1, 0.15) is 5.82 Å². The summed E-state index contributed by atoms with van der Waals surface area (Å²) >= 11 is 0. The first-order valence-corrected chi connectivity index (χ1v) is 6.61. The number of nitrogens with zero attached hydrogens (tertiary/aromatic N) is 4. The van der Waals surface area contributed by atoms with Crippen LogP contribution in [-0.2, 0) is 0 Å². The maximum Gasteiger partial charge on any atom is 0.129 e. The molecule has 2 atom stereocenters. The number of likely N-dealkylation sites (N-methyl/N-ethyl adjacent to an activating group) is 1. The Balaban J connectivity index is 1.83. The molecule has 3 rings (SSSR count). The van der Waals surface area contributed by atoms with E-state index in [9.17, 15) is 0 Å². The van der Waals surface area contributed by atoms with E-state index in [2.05, 4.69) is 27.9 Å². The van der Waals surface area contributed by atoms with Gasteiger partial charge in [0.25, 0.3) is 0 Å². The van der Waals surface area contributed by atoms with E-state index in [1.165, 1.54) is 19.3 Å². The molecule has 2 saturated heterocycles. The minimum Gasteiger partial charge on any atom is -0.355 e. The summed E-state index contributed by atoms with van der Waals surface area (Å²) in [7, 11) is 2.24. The van der Waals surface area contributed by atoms with Crippen molar-refractivity contribution in [3.8, 4) is 6.07 Å². The normalized spacial score (nSPS) is 27.9. The molecule has 2 fully saturated rings. The van der Waals surface area contributed by atoms with Crippen molar-refractivity contribution in [3.63, 3.8) is 0 Å². The van der Waals surface area contributed by atoms with Gasteiger partial charge in [-0.2, -0.15) is 5.26 Å². The number of hydrogen-bond donors (Lipinski definition) is 0. The highest BCUT2D eigenvalue weighted by Crippen LogP contribution is 2.30. The molecule has 0 radical (unpaired) electrons. The number of nitriles is 1. The van der Waals surface area contributed by atoms with Crippen molar-refractivity contribution in [2.75, 3.05) is 25.0 Å². The maximum absolute atomic E-state index is 8.96. The van der Waals surface area contributed by atoms with Gasteiger partial charge in [0, 0.05) is 31.4 Å². The molecule has 0 aliphatic carbocycles. The highest BCUT2D eigenvalue weighted by atomic mass is 15.3. The van der Waals surface area contributed by atoms with Crippen LogP contribution in [0.1, 0.15) is 24.8 Å². The van der Waals surface area contributed by atoms with Crippen molar-refractivity contribution < 1.29 is 0 Å². The zero-order valence-corrected chi connectivity index (χ0v) is 10.7. The smallest absolute Gasteiger partial charge is 0.129 e. The lowest BCUT2D eigenvalue weighted by Crippen LogP contribution is -2.36. The van der Waals surface area contributed by atoms with E-state index >= 15 is 0 Å². The third kappa shape index (κ3) is 1.95. The summed E-state index contributed by atoms with van der Waals surface area (Å²) in [6.45, 7) is 2.09. The van der Waals surface area contributed by atoms with Crippen LogP contribution in [0.25, 0.3) is 0 Å². The molecule has 4 heteroatoms. The second kappa shape index (κ2) is 4.58. The fourth-order valence-electron chi connectivity index (χ4n) is 3.18. The van der Waals surface area contributed by atoms with E-state index in [-0.39, 0.29) is 0 Å². The zero-order chi connectivity index (χ0) is 12.5. The van der Waals surface area contributed by atoms with Crippen LogP contribution in [0, 0.1) is 11.3 Å². The fraction of sp³-hybridized carbons (Fsp3) is 0.571. The topological polar surface area (TPSA) is 43.2 Å². The number of fused-ring (bicyclic) bond motifs is 2. The van der Waals surface area contributed by atoms with E-state index in [0.717, 1.165) is 24.9 Å². The number of anilines is 1. The van der Waals surface area contributed by atoms with Gasteiger partial charge < -0.3 is 4.90 Å². The Labute approximate surface area is 108 Å². The van der Waals surface area contributed by atoms with Gasteiger partial charge in [0.15, 0.2) is 0 Å².